The van der Waals surface area contributed by atoms with Gasteiger partial charge in [0.2, 0.25) is 0 Å². The molecule has 71 heavy (non-hydrogen) atoms. The average Bonchev–Trinajstić information content (AvgIpc) is 3.68. The minimum atomic E-state index is -0.863. The third-order valence-corrected chi connectivity index (χ3v) is 13.0. The highest BCUT2D eigenvalue weighted by Crippen LogP contribution is 2.35. The van der Waals surface area contributed by atoms with Crippen molar-refractivity contribution in [2.24, 2.45) is 0 Å². The molecule has 10 nitrogen and oxygen atoms in total. The Kier molecular flexibility index (Phi) is 23.6. The number of unbranched alkanes of at least 4 members (excludes halogenated alkanes) is 11. The summed E-state index contributed by atoms with van der Waals surface area (Å²) in [5.74, 6) is -0.863. The van der Waals surface area contributed by atoms with Crippen LogP contribution >= 0.6 is 0 Å². The first-order valence-electron chi connectivity index (χ1n) is 26.7. The zero-order valence-electron chi connectivity index (χ0n) is 43.7. The number of rotatable bonds is 30. The summed E-state index contributed by atoms with van der Waals surface area (Å²) >= 11 is 0. The van der Waals surface area contributed by atoms with Crippen molar-refractivity contribution in [3.05, 3.63) is 156 Å². The monoisotopic (exact) mass is 976 g/mol. The predicted molar refractivity (Wildman–Crippen MR) is 282 cm³/mol. The number of carbonyl (C=O) groups excluding carboxylic acids is 1. The van der Waals surface area contributed by atoms with Gasteiger partial charge >= 0.3 is 6.09 Å². The van der Waals surface area contributed by atoms with Gasteiger partial charge in [0, 0.05) is 0 Å². The topological polar surface area (TPSA) is 103 Å². The zero-order valence-corrected chi connectivity index (χ0v) is 43.7. The number of amides is 1. The first-order chi connectivity index (χ1) is 34.5. The number of ether oxygens (including phenoxy) is 8. The molecule has 10 heteroatoms. The molecule has 2 heterocycles. The van der Waals surface area contributed by atoms with E-state index in [-0.39, 0.29) is 12.7 Å². The molecule has 8 atom stereocenters. The zero-order chi connectivity index (χ0) is 50.2. The van der Waals surface area contributed by atoms with E-state index in [2.05, 4.69) is 60.8 Å². The van der Waals surface area contributed by atoms with E-state index in [0.29, 0.717) is 26.4 Å². The van der Waals surface area contributed by atoms with Crippen molar-refractivity contribution in [1.29, 1.82) is 0 Å². The first kappa shape index (κ1) is 55.9. The number of nitrogens with one attached hydrogen (secondary N) is 1. The van der Waals surface area contributed by atoms with E-state index in [1.54, 1.807) is 0 Å². The Balaban J connectivity index is 1.28. The van der Waals surface area contributed by atoms with Crippen LogP contribution in [0.1, 0.15) is 147 Å². The van der Waals surface area contributed by atoms with Gasteiger partial charge in [-0.15, -0.1) is 0 Å². The highest BCUT2D eigenvalue weighted by Gasteiger charge is 2.49. The Hall–Kier alpha value is -4.39. The number of hydrogen-bond acceptors (Lipinski definition) is 9. The molecule has 0 aromatic heterocycles. The van der Waals surface area contributed by atoms with Crippen LogP contribution in [0.25, 0.3) is 0 Å². The molecule has 388 valence electrons. The summed E-state index contributed by atoms with van der Waals surface area (Å²) in [6, 6.07) is 39.9. The molecule has 1 amide bonds. The lowest BCUT2D eigenvalue weighted by atomic mass is 9.92. The third-order valence-electron chi connectivity index (χ3n) is 13.0. The highest BCUT2D eigenvalue weighted by atomic mass is 16.8. The number of alkyl carbamates (subject to hydrolysis) is 1. The quantitative estimate of drug-likeness (QED) is 0.0404. The van der Waals surface area contributed by atoms with E-state index in [4.69, 9.17) is 37.9 Å². The standard InChI is InChI=1S/C61H85NO9/c1-7-8-9-10-11-12-13-14-15-16-17-30-39-53-55(70-61(5,6)69-53)51(62-59(63)71-60(2,3)4)40-41-52-56(65-43-48-33-24-19-25-34-48)58(67-45-50-37-28-21-29-38-50)57(66-44-49-35-26-20-27-36-49)54(68-52)46-64-42-47-31-22-18-23-32-47/h18-29,31-38,40-41,51-58H,7-17,30,39,42-46H2,1-6H3,(H,62,63)/b41-40+/t51-,52+,53+,54?,55-,56?,57-,58-/m0/s1. The smallest absolute Gasteiger partial charge is 0.408 e. The van der Waals surface area contributed by atoms with Crippen LogP contribution < -0.4 is 5.32 Å². The van der Waals surface area contributed by atoms with Gasteiger partial charge in [0.1, 0.15) is 42.2 Å². The molecule has 2 fully saturated rings. The number of carbonyl (C=O) groups is 1. The molecule has 6 rings (SSSR count). The molecule has 2 unspecified atom stereocenters. The van der Waals surface area contributed by atoms with E-state index in [1.807, 2.05) is 120 Å². The third kappa shape index (κ3) is 20.2. The minimum absolute atomic E-state index is 0.226. The second kappa shape index (κ2) is 30.0. The van der Waals surface area contributed by atoms with Crippen LogP contribution in [-0.2, 0) is 64.3 Å². The van der Waals surface area contributed by atoms with Crippen LogP contribution in [0.4, 0.5) is 4.79 Å². The van der Waals surface area contributed by atoms with Gasteiger partial charge in [0.05, 0.1) is 45.2 Å². The average molecular weight is 976 g/mol. The minimum Gasteiger partial charge on any atom is -0.444 e. The molecule has 1 N–H and O–H groups in total. The van der Waals surface area contributed by atoms with Crippen molar-refractivity contribution < 1.29 is 42.7 Å². The van der Waals surface area contributed by atoms with Gasteiger partial charge in [-0.25, -0.2) is 4.79 Å². The molecule has 0 aliphatic carbocycles. The van der Waals surface area contributed by atoms with Gasteiger partial charge in [0.25, 0.3) is 0 Å². The highest BCUT2D eigenvalue weighted by molar-refractivity contribution is 5.68. The van der Waals surface area contributed by atoms with Crippen LogP contribution in [0.2, 0.25) is 0 Å². The van der Waals surface area contributed by atoms with Crippen molar-refractivity contribution in [1.82, 2.24) is 5.32 Å². The maximum absolute atomic E-state index is 13.8. The van der Waals surface area contributed by atoms with Crippen molar-refractivity contribution >= 4 is 6.09 Å². The molecule has 0 bridgehead atoms. The van der Waals surface area contributed by atoms with Crippen molar-refractivity contribution in [3.63, 3.8) is 0 Å². The molecule has 0 saturated carbocycles. The lowest BCUT2D eigenvalue weighted by molar-refractivity contribution is -0.263. The largest absolute Gasteiger partial charge is 0.444 e. The van der Waals surface area contributed by atoms with Crippen molar-refractivity contribution in [2.45, 2.75) is 212 Å². The van der Waals surface area contributed by atoms with Crippen molar-refractivity contribution in [2.75, 3.05) is 6.61 Å². The molecule has 4 aromatic rings. The molecule has 0 spiro atoms. The van der Waals surface area contributed by atoms with Crippen LogP contribution in [0, 0.1) is 0 Å². The lowest BCUT2D eigenvalue weighted by Gasteiger charge is -2.45. The SMILES string of the molecule is CCCCCCCCCCCCCC[C@H]1OC(C)(C)O[C@H]1[C@H](/C=C/[C@H]1OC(COCc2ccccc2)[C@H](OCc2ccccc2)[C@@H](OCc2ccccc2)C1OCc1ccccc1)NC(=O)OC(C)(C)C. The molecule has 0 radical (unpaired) electrons. The summed E-state index contributed by atoms with van der Waals surface area (Å²) < 4.78 is 53.8. The summed E-state index contributed by atoms with van der Waals surface area (Å²) in [5.41, 5.74) is 3.40. The number of benzene rings is 4. The molecule has 4 aromatic carbocycles. The maximum Gasteiger partial charge on any atom is 0.408 e. The summed E-state index contributed by atoms with van der Waals surface area (Å²) in [6.45, 7) is 13.3. The van der Waals surface area contributed by atoms with Gasteiger partial charge in [-0.2, -0.15) is 0 Å². The number of hydrogen-bond donors (Lipinski definition) is 1. The first-order valence-corrected chi connectivity index (χ1v) is 26.7. The van der Waals surface area contributed by atoms with Crippen LogP contribution in [0.15, 0.2) is 133 Å². The Labute approximate surface area is 426 Å². The lowest BCUT2D eigenvalue weighted by Crippen LogP contribution is -2.60. The van der Waals surface area contributed by atoms with Gasteiger partial charge in [-0.3, -0.25) is 0 Å². The van der Waals surface area contributed by atoms with Gasteiger partial charge in [0.15, 0.2) is 5.79 Å². The second-order valence-corrected chi connectivity index (χ2v) is 20.8. The van der Waals surface area contributed by atoms with Gasteiger partial charge in [-0.05, 0) is 63.3 Å². The van der Waals surface area contributed by atoms with Crippen molar-refractivity contribution in [3.8, 4) is 0 Å². The Bertz CT molecular complexity index is 2060. The molecular formula is C61H85NO9. The van der Waals surface area contributed by atoms with E-state index in [9.17, 15) is 4.79 Å². The van der Waals surface area contributed by atoms with Gasteiger partial charge in [-0.1, -0.05) is 217 Å². The fraction of sp³-hybridized carbons (Fsp3) is 0.557. The summed E-state index contributed by atoms with van der Waals surface area (Å²) in [5, 5.41) is 3.18. The van der Waals surface area contributed by atoms with Gasteiger partial charge < -0.3 is 43.2 Å². The fourth-order valence-corrected chi connectivity index (χ4v) is 9.47. The predicted octanol–water partition coefficient (Wildman–Crippen LogP) is 13.8. The molecule has 2 saturated heterocycles. The van der Waals surface area contributed by atoms with E-state index in [0.717, 1.165) is 41.5 Å². The summed E-state index contributed by atoms with van der Waals surface area (Å²) in [6.07, 6.45) is 15.6. The maximum atomic E-state index is 13.8. The van der Waals surface area contributed by atoms with E-state index >= 15 is 0 Å². The molecule has 2 aliphatic rings. The Morgan fingerprint density at radius 3 is 1.54 bits per heavy atom. The second-order valence-electron chi connectivity index (χ2n) is 20.8. The molecular weight excluding hydrogens is 891 g/mol. The van der Waals surface area contributed by atoms with Crippen LogP contribution in [0.3, 0.4) is 0 Å². The Morgan fingerprint density at radius 1 is 0.592 bits per heavy atom. The van der Waals surface area contributed by atoms with Crippen LogP contribution in [-0.4, -0.2) is 72.9 Å². The summed E-state index contributed by atoms with van der Waals surface area (Å²) in [7, 11) is 0. The fourth-order valence-electron chi connectivity index (χ4n) is 9.47. The normalized spacial score (nSPS) is 22.6. The van der Waals surface area contributed by atoms with E-state index < -0.39 is 60.1 Å². The van der Waals surface area contributed by atoms with Crippen LogP contribution in [0.5, 0.6) is 0 Å². The summed E-state index contributed by atoms with van der Waals surface area (Å²) in [4.78, 5) is 13.8. The Morgan fingerprint density at radius 2 is 1.04 bits per heavy atom. The van der Waals surface area contributed by atoms with E-state index in [1.165, 1.54) is 64.2 Å². The molecule has 2 aliphatic heterocycles.